The number of rotatable bonds is 17. The van der Waals surface area contributed by atoms with Crippen molar-refractivity contribution in [3.05, 3.63) is 35.9 Å². The highest BCUT2D eigenvalue weighted by atomic mass is 16.6. The van der Waals surface area contributed by atoms with Crippen molar-refractivity contribution < 1.29 is 33.8 Å². The van der Waals surface area contributed by atoms with Gasteiger partial charge in [-0.05, 0) is 56.4 Å². The maximum Gasteiger partial charge on any atom is 0.407 e. The fraction of sp³-hybridized carbons (Fsp3) is 0.697. The quantitative estimate of drug-likeness (QED) is 0.163. The molecule has 12 nitrogen and oxygen atoms in total. The molecule has 0 aromatic heterocycles. The Morgan fingerprint density at radius 2 is 1.36 bits per heavy atom. The number of carbonyl (C=O) groups excluding carboxylic acids is 4. The normalized spacial score (nSPS) is 16.4. The number of aliphatic hydroxyl groups is 1. The first-order valence-corrected chi connectivity index (χ1v) is 16.4. The Morgan fingerprint density at radius 1 is 0.822 bits per heavy atom. The Hall–Kier alpha value is -3.38. The molecule has 1 fully saturated rings. The topological polar surface area (TPSA) is 158 Å². The molecule has 1 aliphatic rings. The van der Waals surface area contributed by atoms with Crippen LogP contribution in [0.5, 0.6) is 0 Å². The number of benzene rings is 1. The van der Waals surface area contributed by atoms with E-state index in [1.54, 1.807) is 18.9 Å². The average molecular weight is 634 g/mol. The summed E-state index contributed by atoms with van der Waals surface area (Å²) in [6.45, 7) is 11.6. The molecular weight excluding hydrogens is 578 g/mol. The second-order valence-electron chi connectivity index (χ2n) is 12.4. The molecule has 0 aliphatic heterocycles. The largest absolute Gasteiger partial charge is 0.450 e. The monoisotopic (exact) mass is 633 g/mol. The van der Waals surface area contributed by atoms with Crippen LogP contribution < -0.4 is 21.4 Å². The molecular formula is C33H55N5O7. The van der Waals surface area contributed by atoms with Crippen LogP contribution in [-0.2, 0) is 25.5 Å². The molecule has 5 N–H and O–H groups in total. The van der Waals surface area contributed by atoms with Crippen LogP contribution in [0.4, 0.5) is 9.59 Å². The number of hydrazine groups is 1. The summed E-state index contributed by atoms with van der Waals surface area (Å²) < 4.78 is 10.0. The summed E-state index contributed by atoms with van der Waals surface area (Å²) in [5, 5.41) is 21.6. The molecule has 0 radical (unpaired) electrons. The lowest BCUT2D eigenvalue weighted by Crippen LogP contribution is -2.60. The van der Waals surface area contributed by atoms with Gasteiger partial charge < -0.3 is 30.5 Å². The molecule has 0 heterocycles. The summed E-state index contributed by atoms with van der Waals surface area (Å²) in [5.41, 5.74) is 3.86. The minimum Gasteiger partial charge on any atom is -0.450 e. The summed E-state index contributed by atoms with van der Waals surface area (Å²) in [5.74, 6) is -1.00. The van der Waals surface area contributed by atoms with Gasteiger partial charge in [0.25, 0.3) is 5.91 Å². The average Bonchev–Trinajstić information content (AvgIpc) is 2.99. The third kappa shape index (κ3) is 13.7. The Labute approximate surface area is 268 Å². The molecule has 1 aromatic rings. The van der Waals surface area contributed by atoms with Crippen LogP contribution in [0.2, 0.25) is 0 Å². The lowest BCUT2D eigenvalue weighted by Gasteiger charge is -2.35. The first-order chi connectivity index (χ1) is 21.4. The smallest absolute Gasteiger partial charge is 0.407 e. The molecule has 2 rings (SSSR count). The van der Waals surface area contributed by atoms with Crippen molar-refractivity contribution in [2.75, 3.05) is 26.3 Å². The van der Waals surface area contributed by atoms with E-state index >= 15 is 0 Å². The van der Waals surface area contributed by atoms with Crippen LogP contribution in [0.3, 0.4) is 0 Å². The van der Waals surface area contributed by atoms with Crippen molar-refractivity contribution in [1.29, 1.82) is 0 Å². The molecule has 0 bridgehead atoms. The molecule has 12 heteroatoms. The van der Waals surface area contributed by atoms with Gasteiger partial charge in [-0.15, -0.1) is 0 Å². The highest BCUT2D eigenvalue weighted by molar-refractivity contribution is 5.86. The Morgan fingerprint density at radius 3 is 1.87 bits per heavy atom. The van der Waals surface area contributed by atoms with E-state index in [-0.39, 0.29) is 31.6 Å². The van der Waals surface area contributed by atoms with Crippen LogP contribution in [0, 0.1) is 17.8 Å². The lowest BCUT2D eigenvalue weighted by atomic mass is 9.89. The van der Waals surface area contributed by atoms with E-state index < -0.39 is 48.2 Å². The zero-order valence-electron chi connectivity index (χ0n) is 27.8. The van der Waals surface area contributed by atoms with Crippen molar-refractivity contribution in [2.45, 2.75) is 104 Å². The van der Waals surface area contributed by atoms with Gasteiger partial charge in [-0.2, -0.15) is 0 Å². The molecule has 2 unspecified atom stereocenters. The van der Waals surface area contributed by atoms with Gasteiger partial charge in [0.15, 0.2) is 0 Å². The SMILES string of the molecule is CCOC(=O)NC(C(=O)N[C@@H](Cc1ccccc1)[C@H](O)CN(CC1CCCCC1)NC(=O)C(NC(=O)OCC)C(C)C)C(C)C. The van der Waals surface area contributed by atoms with Crippen LogP contribution in [0.1, 0.15) is 79.2 Å². The molecule has 45 heavy (non-hydrogen) atoms. The van der Waals surface area contributed by atoms with Crippen molar-refractivity contribution in [3.8, 4) is 0 Å². The van der Waals surface area contributed by atoms with Gasteiger partial charge >= 0.3 is 12.2 Å². The molecule has 0 spiro atoms. The van der Waals surface area contributed by atoms with E-state index in [4.69, 9.17) is 9.47 Å². The molecule has 0 saturated heterocycles. The second-order valence-corrected chi connectivity index (χ2v) is 12.4. The summed E-state index contributed by atoms with van der Waals surface area (Å²) in [4.78, 5) is 51.3. The number of aliphatic hydroxyl groups excluding tert-OH is 1. The molecule has 4 atom stereocenters. The van der Waals surface area contributed by atoms with Crippen molar-refractivity contribution >= 4 is 24.0 Å². The van der Waals surface area contributed by atoms with Gasteiger partial charge in [0.2, 0.25) is 5.91 Å². The van der Waals surface area contributed by atoms with Crippen LogP contribution in [-0.4, -0.2) is 84.6 Å². The van der Waals surface area contributed by atoms with Crippen molar-refractivity contribution in [1.82, 2.24) is 26.4 Å². The third-order valence-corrected chi connectivity index (χ3v) is 7.97. The number of amides is 4. The summed E-state index contributed by atoms with van der Waals surface area (Å²) in [7, 11) is 0. The zero-order chi connectivity index (χ0) is 33.4. The number of nitrogens with zero attached hydrogens (tertiary/aromatic N) is 1. The Kier molecular flexibility index (Phi) is 16.7. The van der Waals surface area contributed by atoms with E-state index in [1.165, 1.54) is 6.42 Å². The number of carbonyl (C=O) groups is 4. The van der Waals surface area contributed by atoms with Gasteiger partial charge in [-0.3, -0.25) is 15.0 Å². The van der Waals surface area contributed by atoms with E-state index in [9.17, 15) is 24.3 Å². The van der Waals surface area contributed by atoms with E-state index in [2.05, 4.69) is 21.4 Å². The minimum absolute atomic E-state index is 0.0297. The van der Waals surface area contributed by atoms with Gasteiger partial charge in [-0.1, -0.05) is 77.3 Å². The molecule has 254 valence electrons. The van der Waals surface area contributed by atoms with Gasteiger partial charge in [0, 0.05) is 13.1 Å². The highest BCUT2D eigenvalue weighted by Gasteiger charge is 2.32. The standard InChI is InChI=1S/C33H55N5O7/c1-7-44-32(42)35-28(22(3)4)30(40)34-26(19-24-15-11-9-12-16-24)27(39)21-38(20-25-17-13-10-14-18-25)37-31(41)29(23(5)6)36-33(43)45-8-2/h9,11-12,15-16,22-23,25-29,39H,7-8,10,13-14,17-21H2,1-6H3,(H,34,40)(H,35,42)(H,36,43)(H,37,41)/t26-,27+,28?,29?/m0/s1. The molecule has 1 aromatic carbocycles. The Balaban J connectivity index is 2.30. The van der Waals surface area contributed by atoms with Crippen LogP contribution in [0.15, 0.2) is 30.3 Å². The van der Waals surface area contributed by atoms with E-state index in [0.29, 0.717) is 18.9 Å². The summed E-state index contributed by atoms with van der Waals surface area (Å²) in [6.07, 6.45) is 3.26. The molecule has 1 saturated carbocycles. The first-order valence-electron chi connectivity index (χ1n) is 16.4. The van der Waals surface area contributed by atoms with Gasteiger partial charge in [0.05, 0.1) is 25.4 Å². The van der Waals surface area contributed by atoms with Crippen molar-refractivity contribution in [2.24, 2.45) is 17.8 Å². The summed E-state index contributed by atoms with van der Waals surface area (Å²) in [6, 6.07) is 7.02. The lowest BCUT2D eigenvalue weighted by molar-refractivity contribution is -0.131. The molecule has 1 aliphatic carbocycles. The third-order valence-electron chi connectivity index (χ3n) is 7.97. The highest BCUT2D eigenvalue weighted by Crippen LogP contribution is 2.24. The van der Waals surface area contributed by atoms with Gasteiger partial charge in [0.1, 0.15) is 12.1 Å². The number of hydrogen-bond donors (Lipinski definition) is 5. The maximum absolute atomic E-state index is 13.5. The van der Waals surface area contributed by atoms with E-state index in [1.807, 2.05) is 58.0 Å². The Bertz CT molecular complexity index is 1050. The number of alkyl carbamates (subject to hydrolysis) is 2. The fourth-order valence-electron chi connectivity index (χ4n) is 5.52. The predicted octanol–water partition coefficient (Wildman–Crippen LogP) is 3.53. The zero-order valence-corrected chi connectivity index (χ0v) is 27.8. The minimum atomic E-state index is -1.09. The predicted molar refractivity (Wildman–Crippen MR) is 172 cm³/mol. The van der Waals surface area contributed by atoms with Crippen LogP contribution in [0.25, 0.3) is 0 Å². The summed E-state index contributed by atoms with van der Waals surface area (Å²) >= 11 is 0. The number of ether oxygens (including phenoxy) is 2. The van der Waals surface area contributed by atoms with Crippen LogP contribution >= 0.6 is 0 Å². The maximum atomic E-state index is 13.5. The number of nitrogens with one attached hydrogen (secondary N) is 4. The van der Waals surface area contributed by atoms with Gasteiger partial charge in [-0.25, -0.2) is 14.6 Å². The fourth-order valence-corrected chi connectivity index (χ4v) is 5.52. The number of hydrogen-bond acceptors (Lipinski definition) is 8. The molecule has 4 amide bonds. The second kappa shape index (κ2) is 19.9. The van der Waals surface area contributed by atoms with Crippen molar-refractivity contribution in [3.63, 3.8) is 0 Å². The van der Waals surface area contributed by atoms with E-state index in [0.717, 1.165) is 31.2 Å². The first kappa shape index (κ1) is 37.8.